The fraction of sp³-hybridized carbons (Fsp3) is 0.909. The number of guanidine groups is 1. The van der Waals surface area contributed by atoms with Gasteiger partial charge in [-0.15, -0.1) is 24.0 Å². The van der Waals surface area contributed by atoms with Crippen molar-refractivity contribution in [3.05, 3.63) is 0 Å². The van der Waals surface area contributed by atoms with Gasteiger partial charge in [0.15, 0.2) is 5.96 Å². The van der Waals surface area contributed by atoms with Crippen LogP contribution < -0.4 is 11.1 Å². The molecular weight excluding hydrogens is 365 g/mol. The van der Waals surface area contributed by atoms with E-state index in [0.29, 0.717) is 42.8 Å². The third-order valence-electron chi connectivity index (χ3n) is 3.03. The molecule has 1 heterocycles. The lowest BCUT2D eigenvalue weighted by Gasteiger charge is -2.20. The van der Waals surface area contributed by atoms with Crippen LogP contribution in [-0.2, 0) is 9.84 Å². The Bertz CT molecular complexity index is 343. The van der Waals surface area contributed by atoms with Gasteiger partial charge < -0.3 is 11.1 Å². The van der Waals surface area contributed by atoms with Crippen LogP contribution in [0.15, 0.2) is 4.99 Å². The largest absolute Gasteiger partial charge is 0.370 e. The molecule has 7 heteroatoms. The van der Waals surface area contributed by atoms with Gasteiger partial charge in [-0.2, -0.15) is 0 Å². The molecule has 0 aromatic rings. The molecule has 0 unspecified atom stereocenters. The van der Waals surface area contributed by atoms with E-state index in [-0.39, 0.29) is 24.0 Å². The summed E-state index contributed by atoms with van der Waals surface area (Å²) >= 11 is 0. The van der Waals surface area contributed by atoms with Crippen LogP contribution in [0.1, 0.15) is 32.6 Å². The maximum Gasteiger partial charge on any atom is 0.188 e. The fourth-order valence-corrected chi connectivity index (χ4v) is 3.39. The zero-order valence-electron chi connectivity index (χ0n) is 10.9. The van der Waals surface area contributed by atoms with Crippen LogP contribution in [-0.4, -0.2) is 39.0 Å². The van der Waals surface area contributed by atoms with Crippen molar-refractivity contribution in [2.75, 3.05) is 24.6 Å². The maximum absolute atomic E-state index is 11.2. The molecule has 18 heavy (non-hydrogen) atoms. The quantitative estimate of drug-likeness (QED) is 0.320. The first-order chi connectivity index (χ1) is 8.03. The average molecular weight is 389 g/mol. The molecule has 1 aliphatic heterocycles. The lowest BCUT2D eigenvalue weighted by Crippen LogP contribution is -2.33. The summed E-state index contributed by atoms with van der Waals surface area (Å²) in [5, 5.41) is 3.05. The van der Waals surface area contributed by atoms with Crippen molar-refractivity contribution in [3.8, 4) is 0 Å². The lowest BCUT2D eigenvalue weighted by molar-refractivity contribution is 0.474. The smallest absolute Gasteiger partial charge is 0.188 e. The molecule has 1 rings (SSSR count). The molecular formula is C11H24IN3O2S. The fourth-order valence-electron chi connectivity index (χ4n) is 1.80. The normalized spacial score (nSPS) is 20.2. The van der Waals surface area contributed by atoms with Crippen LogP contribution in [0.25, 0.3) is 0 Å². The monoisotopic (exact) mass is 389 g/mol. The number of unbranched alkanes of at least 4 members (excludes halogenated alkanes) is 1. The highest BCUT2D eigenvalue weighted by molar-refractivity contribution is 14.0. The van der Waals surface area contributed by atoms with Gasteiger partial charge in [0.25, 0.3) is 0 Å². The summed E-state index contributed by atoms with van der Waals surface area (Å²) in [6, 6.07) is 0. The topological polar surface area (TPSA) is 84.5 Å². The molecule has 0 atom stereocenters. The summed E-state index contributed by atoms with van der Waals surface area (Å²) in [7, 11) is -2.77. The van der Waals surface area contributed by atoms with E-state index in [0.717, 1.165) is 19.4 Å². The van der Waals surface area contributed by atoms with Gasteiger partial charge in [-0.05, 0) is 25.2 Å². The highest BCUT2D eigenvalue weighted by atomic mass is 127. The Hall–Kier alpha value is -0.0500. The second-order valence-electron chi connectivity index (χ2n) is 4.60. The van der Waals surface area contributed by atoms with Gasteiger partial charge in [0.1, 0.15) is 9.84 Å². The number of hydrogen-bond acceptors (Lipinski definition) is 3. The standard InChI is InChI=1S/C11H23N3O2S.HI/c1-2-3-6-13-11(12)14-9-10-4-7-17(15,16)8-5-10;/h10H,2-9H2,1H3,(H3,12,13,14);1H. The molecule has 0 bridgehead atoms. The first kappa shape index (κ1) is 17.9. The number of rotatable bonds is 5. The van der Waals surface area contributed by atoms with Crippen molar-refractivity contribution in [2.24, 2.45) is 16.6 Å². The summed E-state index contributed by atoms with van der Waals surface area (Å²) in [6.45, 7) is 3.61. The summed E-state index contributed by atoms with van der Waals surface area (Å²) < 4.78 is 22.5. The first-order valence-corrected chi connectivity index (χ1v) is 8.10. The van der Waals surface area contributed by atoms with Crippen molar-refractivity contribution in [3.63, 3.8) is 0 Å². The molecule has 1 aliphatic rings. The molecule has 1 saturated heterocycles. The lowest BCUT2D eigenvalue weighted by atomic mass is 10.0. The Kier molecular flexibility index (Phi) is 8.93. The number of sulfone groups is 1. The molecule has 0 amide bonds. The number of nitrogens with one attached hydrogen (secondary N) is 1. The Morgan fingerprint density at radius 3 is 2.56 bits per heavy atom. The molecule has 1 fully saturated rings. The summed E-state index contributed by atoms with van der Waals surface area (Å²) in [5.41, 5.74) is 5.71. The minimum Gasteiger partial charge on any atom is -0.370 e. The molecule has 0 saturated carbocycles. The number of halogens is 1. The van der Waals surface area contributed by atoms with Gasteiger partial charge in [-0.1, -0.05) is 13.3 Å². The molecule has 0 aromatic heterocycles. The number of nitrogens with two attached hydrogens (primary N) is 1. The second kappa shape index (κ2) is 8.95. The van der Waals surface area contributed by atoms with E-state index in [9.17, 15) is 8.42 Å². The van der Waals surface area contributed by atoms with Crippen molar-refractivity contribution >= 4 is 39.8 Å². The van der Waals surface area contributed by atoms with E-state index in [1.165, 1.54) is 0 Å². The van der Waals surface area contributed by atoms with E-state index < -0.39 is 9.84 Å². The molecule has 0 aromatic carbocycles. The second-order valence-corrected chi connectivity index (χ2v) is 6.91. The third-order valence-corrected chi connectivity index (χ3v) is 4.75. The van der Waals surface area contributed by atoms with E-state index >= 15 is 0 Å². The van der Waals surface area contributed by atoms with Crippen LogP contribution in [0.5, 0.6) is 0 Å². The predicted octanol–water partition coefficient (Wildman–Crippen LogP) is 1.13. The van der Waals surface area contributed by atoms with E-state index in [1.807, 2.05) is 0 Å². The van der Waals surface area contributed by atoms with Crippen LogP contribution in [0.2, 0.25) is 0 Å². The summed E-state index contributed by atoms with van der Waals surface area (Å²) in [6.07, 6.45) is 3.64. The SMILES string of the molecule is CCCCNC(N)=NCC1CCS(=O)(=O)CC1.I. The van der Waals surface area contributed by atoms with Gasteiger partial charge in [-0.3, -0.25) is 4.99 Å². The minimum absolute atomic E-state index is 0. The molecule has 3 N–H and O–H groups in total. The third kappa shape index (κ3) is 7.40. The van der Waals surface area contributed by atoms with Crippen LogP contribution in [0, 0.1) is 5.92 Å². The van der Waals surface area contributed by atoms with Crippen molar-refractivity contribution < 1.29 is 8.42 Å². The number of hydrogen-bond donors (Lipinski definition) is 2. The van der Waals surface area contributed by atoms with Gasteiger partial charge in [-0.25, -0.2) is 8.42 Å². The predicted molar refractivity (Wildman–Crippen MR) is 86.2 cm³/mol. The highest BCUT2D eigenvalue weighted by Crippen LogP contribution is 2.18. The Morgan fingerprint density at radius 2 is 2.00 bits per heavy atom. The molecule has 5 nitrogen and oxygen atoms in total. The molecule has 0 aliphatic carbocycles. The van der Waals surface area contributed by atoms with Gasteiger partial charge in [0, 0.05) is 13.1 Å². The maximum atomic E-state index is 11.2. The minimum atomic E-state index is -2.77. The Balaban J connectivity index is 0.00000289. The van der Waals surface area contributed by atoms with E-state index in [1.54, 1.807) is 0 Å². The van der Waals surface area contributed by atoms with E-state index in [2.05, 4.69) is 17.2 Å². The van der Waals surface area contributed by atoms with Crippen molar-refractivity contribution in [1.29, 1.82) is 0 Å². The number of aliphatic imine (C=N–C) groups is 1. The number of nitrogens with zero attached hydrogens (tertiary/aromatic N) is 1. The van der Waals surface area contributed by atoms with Crippen LogP contribution in [0.3, 0.4) is 0 Å². The van der Waals surface area contributed by atoms with Crippen LogP contribution >= 0.6 is 24.0 Å². The van der Waals surface area contributed by atoms with Gasteiger partial charge in [0.05, 0.1) is 11.5 Å². The van der Waals surface area contributed by atoms with E-state index in [4.69, 9.17) is 5.73 Å². The summed E-state index contributed by atoms with van der Waals surface area (Å²) in [5.74, 6) is 1.45. The summed E-state index contributed by atoms with van der Waals surface area (Å²) in [4.78, 5) is 4.26. The Labute approximate surface area is 127 Å². The average Bonchev–Trinajstić information content (AvgIpc) is 2.28. The van der Waals surface area contributed by atoms with Gasteiger partial charge in [0.2, 0.25) is 0 Å². The zero-order chi connectivity index (χ0) is 12.7. The molecule has 108 valence electrons. The highest BCUT2D eigenvalue weighted by Gasteiger charge is 2.23. The van der Waals surface area contributed by atoms with Crippen molar-refractivity contribution in [2.45, 2.75) is 32.6 Å². The van der Waals surface area contributed by atoms with Crippen molar-refractivity contribution in [1.82, 2.24) is 5.32 Å². The van der Waals surface area contributed by atoms with Gasteiger partial charge >= 0.3 is 0 Å². The Morgan fingerprint density at radius 1 is 1.39 bits per heavy atom. The first-order valence-electron chi connectivity index (χ1n) is 6.27. The van der Waals surface area contributed by atoms with Crippen LogP contribution in [0.4, 0.5) is 0 Å². The molecule has 0 radical (unpaired) electrons. The molecule has 0 spiro atoms. The zero-order valence-corrected chi connectivity index (χ0v) is 14.0.